The third-order valence-corrected chi connectivity index (χ3v) is 4.53. The normalized spacial score (nSPS) is 23.7. The van der Waals surface area contributed by atoms with E-state index in [1.54, 1.807) is 0 Å². The lowest BCUT2D eigenvalue weighted by molar-refractivity contribution is -0.136. The number of hydrogen-bond donors (Lipinski definition) is 1. The molecule has 0 bridgehead atoms. The molecule has 1 N–H and O–H groups in total. The van der Waals surface area contributed by atoms with E-state index in [9.17, 15) is 4.79 Å². The van der Waals surface area contributed by atoms with E-state index in [-0.39, 0.29) is 6.42 Å². The van der Waals surface area contributed by atoms with Gasteiger partial charge in [-0.15, -0.1) is 0 Å². The average molecular weight is 274 g/mol. The van der Waals surface area contributed by atoms with Crippen LogP contribution in [0, 0.1) is 0 Å². The highest BCUT2D eigenvalue weighted by Gasteiger charge is 2.30. The van der Waals surface area contributed by atoms with Gasteiger partial charge in [0.1, 0.15) is 0 Å². The van der Waals surface area contributed by atoms with Gasteiger partial charge in [0.2, 0.25) is 0 Å². The molecule has 1 aromatic carbocycles. The van der Waals surface area contributed by atoms with E-state index >= 15 is 0 Å². The van der Waals surface area contributed by atoms with Crippen molar-refractivity contribution in [1.29, 1.82) is 0 Å². The van der Waals surface area contributed by atoms with Crippen molar-refractivity contribution < 1.29 is 9.90 Å². The van der Waals surface area contributed by atoms with Gasteiger partial charge < -0.3 is 5.11 Å². The quantitative estimate of drug-likeness (QED) is 0.905. The summed E-state index contributed by atoms with van der Waals surface area (Å²) in [5.74, 6) is -0.752. The number of piperazine rings is 1. The van der Waals surface area contributed by atoms with Gasteiger partial charge in [0.25, 0.3) is 0 Å². The van der Waals surface area contributed by atoms with Crippen molar-refractivity contribution in [2.24, 2.45) is 0 Å². The zero-order chi connectivity index (χ0) is 13.9. The first-order valence-electron chi connectivity index (χ1n) is 7.47. The van der Waals surface area contributed by atoms with Crippen molar-refractivity contribution in [1.82, 2.24) is 9.80 Å². The predicted molar refractivity (Wildman–Crippen MR) is 77.7 cm³/mol. The van der Waals surface area contributed by atoms with Gasteiger partial charge in [-0.05, 0) is 30.5 Å². The smallest absolute Gasteiger partial charge is 0.307 e. The van der Waals surface area contributed by atoms with Gasteiger partial charge in [0, 0.05) is 32.2 Å². The van der Waals surface area contributed by atoms with Crippen LogP contribution in [-0.4, -0.2) is 53.1 Å². The lowest BCUT2D eigenvalue weighted by Crippen LogP contribution is -2.49. The molecule has 3 rings (SSSR count). The Labute approximate surface area is 120 Å². The van der Waals surface area contributed by atoms with Crippen molar-refractivity contribution in [3.05, 3.63) is 35.4 Å². The summed E-state index contributed by atoms with van der Waals surface area (Å²) in [6, 6.07) is 8.66. The Morgan fingerprint density at radius 1 is 1.20 bits per heavy atom. The number of carboxylic acid groups (broad SMARTS) is 1. The van der Waals surface area contributed by atoms with Crippen molar-refractivity contribution in [3.63, 3.8) is 0 Å². The highest BCUT2D eigenvalue weighted by Crippen LogP contribution is 2.23. The number of fused-ring (bicyclic) bond motifs is 1. The molecule has 4 heteroatoms. The van der Waals surface area contributed by atoms with Gasteiger partial charge in [0.15, 0.2) is 0 Å². The third-order valence-electron chi connectivity index (χ3n) is 4.53. The number of benzene rings is 1. The minimum atomic E-state index is -0.752. The second kappa shape index (κ2) is 5.94. The molecular formula is C16H22N2O2. The lowest BCUT2D eigenvalue weighted by atomic mass is 10.0. The molecule has 2 heterocycles. The summed E-state index contributed by atoms with van der Waals surface area (Å²) in [4.78, 5) is 16.0. The minimum absolute atomic E-state index is 0.125. The van der Waals surface area contributed by atoms with E-state index in [4.69, 9.17) is 5.11 Å². The number of hydrogen-bond acceptors (Lipinski definition) is 3. The third kappa shape index (κ3) is 3.02. The Balaban J connectivity index is 1.67. The van der Waals surface area contributed by atoms with E-state index in [1.807, 2.05) is 18.2 Å². The van der Waals surface area contributed by atoms with Crippen molar-refractivity contribution in [2.75, 3.05) is 26.2 Å². The van der Waals surface area contributed by atoms with Crippen LogP contribution >= 0.6 is 0 Å². The van der Waals surface area contributed by atoms with Gasteiger partial charge in [-0.3, -0.25) is 14.6 Å². The Kier molecular flexibility index (Phi) is 4.03. The maximum absolute atomic E-state index is 10.9. The SMILES string of the molecule is O=C(O)Cc1ccccc1CN1CCN2CCCC2C1. The summed E-state index contributed by atoms with van der Waals surface area (Å²) in [5.41, 5.74) is 2.12. The summed E-state index contributed by atoms with van der Waals surface area (Å²) in [5, 5.41) is 9.00. The molecule has 108 valence electrons. The van der Waals surface area contributed by atoms with Crippen molar-refractivity contribution >= 4 is 5.97 Å². The van der Waals surface area contributed by atoms with Crippen molar-refractivity contribution in [3.8, 4) is 0 Å². The van der Waals surface area contributed by atoms with E-state index in [0.717, 1.165) is 37.8 Å². The first-order valence-corrected chi connectivity index (χ1v) is 7.47. The first-order chi connectivity index (χ1) is 9.72. The van der Waals surface area contributed by atoms with Crippen LogP contribution in [0.3, 0.4) is 0 Å². The monoisotopic (exact) mass is 274 g/mol. The van der Waals surface area contributed by atoms with Crippen molar-refractivity contribution in [2.45, 2.75) is 31.8 Å². The van der Waals surface area contributed by atoms with Gasteiger partial charge in [0.05, 0.1) is 6.42 Å². The molecule has 0 aliphatic carbocycles. The molecule has 2 aliphatic heterocycles. The van der Waals surface area contributed by atoms with Crippen LogP contribution in [-0.2, 0) is 17.8 Å². The topological polar surface area (TPSA) is 43.8 Å². The van der Waals surface area contributed by atoms with Gasteiger partial charge in [-0.2, -0.15) is 0 Å². The summed E-state index contributed by atoms with van der Waals surface area (Å²) < 4.78 is 0. The summed E-state index contributed by atoms with van der Waals surface area (Å²) in [7, 11) is 0. The second-order valence-electron chi connectivity index (χ2n) is 5.91. The van der Waals surface area contributed by atoms with Crippen LogP contribution < -0.4 is 0 Å². The number of nitrogens with zero attached hydrogens (tertiary/aromatic N) is 2. The maximum atomic E-state index is 10.9. The molecule has 20 heavy (non-hydrogen) atoms. The Morgan fingerprint density at radius 3 is 2.80 bits per heavy atom. The predicted octanol–water partition coefficient (Wildman–Crippen LogP) is 1.59. The molecule has 2 saturated heterocycles. The minimum Gasteiger partial charge on any atom is -0.481 e. The van der Waals surface area contributed by atoms with E-state index in [2.05, 4.69) is 15.9 Å². The summed E-state index contributed by atoms with van der Waals surface area (Å²) in [6.45, 7) is 5.52. The zero-order valence-corrected chi connectivity index (χ0v) is 11.8. The fourth-order valence-electron chi connectivity index (χ4n) is 3.49. The molecule has 1 unspecified atom stereocenters. The van der Waals surface area contributed by atoms with Gasteiger partial charge in [-0.25, -0.2) is 0 Å². The zero-order valence-electron chi connectivity index (χ0n) is 11.8. The molecule has 0 saturated carbocycles. The van der Waals surface area contributed by atoms with E-state index in [1.165, 1.54) is 24.9 Å². The van der Waals surface area contributed by atoms with Crippen LogP contribution in [0.2, 0.25) is 0 Å². The Hall–Kier alpha value is -1.39. The number of carbonyl (C=O) groups is 1. The standard InChI is InChI=1S/C16H22N2O2/c19-16(20)10-13-4-1-2-5-14(13)11-17-8-9-18-7-3-6-15(18)12-17/h1-2,4-5,15H,3,6-12H2,(H,19,20). The molecule has 2 fully saturated rings. The Morgan fingerprint density at radius 2 is 2.00 bits per heavy atom. The largest absolute Gasteiger partial charge is 0.481 e. The Bertz CT molecular complexity index is 489. The number of aliphatic carboxylic acids is 1. The average Bonchev–Trinajstić information content (AvgIpc) is 2.88. The van der Waals surface area contributed by atoms with Crippen LogP contribution in [0.15, 0.2) is 24.3 Å². The number of carboxylic acids is 1. The molecule has 0 amide bonds. The molecule has 0 radical (unpaired) electrons. The fraction of sp³-hybridized carbons (Fsp3) is 0.562. The van der Waals surface area contributed by atoms with Crippen LogP contribution in [0.1, 0.15) is 24.0 Å². The van der Waals surface area contributed by atoms with Crippen LogP contribution in [0.5, 0.6) is 0 Å². The summed E-state index contributed by atoms with van der Waals surface area (Å²) in [6.07, 6.45) is 2.76. The van der Waals surface area contributed by atoms with Crippen LogP contribution in [0.4, 0.5) is 0 Å². The fourth-order valence-corrected chi connectivity index (χ4v) is 3.49. The first kappa shape index (κ1) is 13.6. The molecular weight excluding hydrogens is 252 g/mol. The summed E-state index contributed by atoms with van der Waals surface area (Å²) >= 11 is 0. The molecule has 2 aliphatic rings. The molecule has 0 spiro atoms. The molecule has 0 aromatic heterocycles. The molecule has 1 atom stereocenters. The molecule has 4 nitrogen and oxygen atoms in total. The number of rotatable bonds is 4. The van der Waals surface area contributed by atoms with Gasteiger partial charge in [-0.1, -0.05) is 24.3 Å². The van der Waals surface area contributed by atoms with Crippen LogP contribution in [0.25, 0.3) is 0 Å². The van der Waals surface area contributed by atoms with E-state index < -0.39 is 5.97 Å². The highest BCUT2D eigenvalue weighted by atomic mass is 16.4. The van der Waals surface area contributed by atoms with Gasteiger partial charge >= 0.3 is 5.97 Å². The second-order valence-corrected chi connectivity index (χ2v) is 5.91. The highest BCUT2D eigenvalue weighted by molar-refractivity contribution is 5.70. The maximum Gasteiger partial charge on any atom is 0.307 e. The lowest BCUT2D eigenvalue weighted by Gasteiger charge is -2.37. The van der Waals surface area contributed by atoms with E-state index in [0.29, 0.717) is 0 Å². The molecule has 1 aromatic rings.